The quantitative estimate of drug-likeness (QED) is 0.169. The van der Waals surface area contributed by atoms with E-state index >= 15 is 0 Å². The average molecular weight is 801 g/mol. The van der Waals surface area contributed by atoms with Crippen LogP contribution in [-0.2, 0) is 16.1 Å². The van der Waals surface area contributed by atoms with Gasteiger partial charge in [-0.3, -0.25) is 9.36 Å². The van der Waals surface area contributed by atoms with E-state index in [1.165, 1.54) is 11.3 Å². The van der Waals surface area contributed by atoms with Crippen molar-refractivity contribution < 1.29 is 33.2 Å². The van der Waals surface area contributed by atoms with Crippen LogP contribution in [0.1, 0.15) is 50.4 Å². The van der Waals surface area contributed by atoms with Crippen LogP contribution in [0, 0.1) is 0 Å². The average Bonchev–Trinajstić information content (AvgIpc) is 3.63. The number of rotatable bonds is 10. The summed E-state index contributed by atoms with van der Waals surface area (Å²) in [6.07, 6.45) is 1.72. The van der Waals surface area contributed by atoms with Crippen molar-refractivity contribution in [2.24, 2.45) is 4.99 Å². The highest BCUT2D eigenvalue weighted by atomic mass is 79.9. The molecule has 0 fully saturated rings. The number of ether oxygens (including phenoxy) is 6. The summed E-state index contributed by atoms with van der Waals surface area (Å²) in [6.45, 7) is 8.03. The lowest BCUT2D eigenvalue weighted by Gasteiger charge is -2.25. The van der Waals surface area contributed by atoms with Crippen molar-refractivity contribution in [2.75, 3.05) is 20.5 Å². The molecule has 1 atom stereocenters. The fraction of sp³-hybridized carbons (Fsp3) is 0.286. The van der Waals surface area contributed by atoms with Crippen molar-refractivity contribution in [3.8, 4) is 28.7 Å². The Morgan fingerprint density at radius 2 is 1.83 bits per heavy atom. The molecule has 0 unspecified atom stereocenters. The summed E-state index contributed by atoms with van der Waals surface area (Å²) in [6, 6.07) is 14.0. The van der Waals surface area contributed by atoms with Gasteiger partial charge in [-0.25, -0.2) is 9.79 Å². The second-order valence-electron chi connectivity index (χ2n) is 11.2. The third kappa shape index (κ3) is 6.76. The van der Waals surface area contributed by atoms with Gasteiger partial charge in [0.2, 0.25) is 6.79 Å². The van der Waals surface area contributed by atoms with E-state index in [9.17, 15) is 9.59 Å². The molecule has 250 valence electrons. The number of aromatic nitrogens is 1. The van der Waals surface area contributed by atoms with Crippen molar-refractivity contribution in [3.63, 3.8) is 0 Å². The van der Waals surface area contributed by atoms with E-state index in [4.69, 9.17) is 28.4 Å². The van der Waals surface area contributed by atoms with Crippen LogP contribution in [-0.4, -0.2) is 37.1 Å². The van der Waals surface area contributed by atoms with Gasteiger partial charge in [0.05, 0.1) is 50.6 Å². The number of methoxy groups -OCH3 is 1. The fourth-order valence-corrected chi connectivity index (χ4v) is 7.95. The van der Waals surface area contributed by atoms with Crippen LogP contribution in [0.3, 0.4) is 0 Å². The van der Waals surface area contributed by atoms with Crippen LogP contribution in [0.2, 0.25) is 0 Å². The summed E-state index contributed by atoms with van der Waals surface area (Å²) in [5, 5.41) is 0. The number of hydrogen-bond acceptors (Lipinski definition) is 10. The number of allylic oxidation sites excluding steroid dienone is 1. The first-order valence-electron chi connectivity index (χ1n) is 15.1. The molecule has 0 radical (unpaired) electrons. The number of esters is 1. The Morgan fingerprint density at radius 1 is 1.08 bits per heavy atom. The number of halogens is 2. The molecule has 4 aromatic rings. The summed E-state index contributed by atoms with van der Waals surface area (Å²) in [5.74, 6) is 2.51. The lowest BCUT2D eigenvalue weighted by atomic mass is 9.95. The van der Waals surface area contributed by atoms with Crippen molar-refractivity contribution in [1.82, 2.24) is 4.57 Å². The Balaban J connectivity index is 1.37. The van der Waals surface area contributed by atoms with Gasteiger partial charge in [0.15, 0.2) is 27.8 Å². The zero-order valence-corrected chi connectivity index (χ0v) is 30.8. The molecule has 0 N–H and O–H groups in total. The zero-order chi connectivity index (χ0) is 34.1. The first-order valence-corrected chi connectivity index (χ1v) is 17.5. The minimum Gasteiger partial charge on any atom is -0.493 e. The highest BCUT2D eigenvalue weighted by Crippen LogP contribution is 2.38. The van der Waals surface area contributed by atoms with E-state index in [-0.39, 0.29) is 30.6 Å². The molecular formula is C35H32Br2N2O8S. The Bertz CT molecular complexity index is 2100. The largest absolute Gasteiger partial charge is 0.493 e. The van der Waals surface area contributed by atoms with E-state index < -0.39 is 12.0 Å². The van der Waals surface area contributed by atoms with Gasteiger partial charge in [0.1, 0.15) is 12.4 Å². The molecule has 0 amide bonds. The maximum atomic E-state index is 14.2. The normalized spacial score (nSPS) is 15.3. The van der Waals surface area contributed by atoms with Crippen molar-refractivity contribution in [1.29, 1.82) is 0 Å². The van der Waals surface area contributed by atoms with E-state index in [0.717, 1.165) is 11.1 Å². The van der Waals surface area contributed by atoms with Gasteiger partial charge < -0.3 is 28.4 Å². The maximum absolute atomic E-state index is 14.2. The van der Waals surface area contributed by atoms with Gasteiger partial charge in [-0.2, -0.15) is 0 Å². The number of benzene rings is 3. The molecule has 0 spiro atoms. The van der Waals surface area contributed by atoms with Gasteiger partial charge in [-0.15, -0.1) is 0 Å². The summed E-state index contributed by atoms with van der Waals surface area (Å²) < 4.78 is 37.4. The second-order valence-corrected chi connectivity index (χ2v) is 13.9. The molecule has 2 aliphatic rings. The van der Waals surface area contributed by atoms with Gasteiger partial charge in [-0.1, -0.05) is 23.5 Å². The second kappa shape index (κ2) is 14.2. The molecule has 10 nitrogen and oxygen atoms in total. The summed E-state index contributed by atoms with van der Waals surface area (Å²) in [5.41, 5.74) is 2.79. The van der Waals surface area contributed by atoms with Crippen molar-refractivity contribution in [2.45, 2.75) is 46.4 Å². The Morgan fingerprint density at radius 3 is 2.54 bits per heavy atom. The topological polar surface area (TPSA) is 107 Å². The van der Waals surface area contributed by atoms with E-state index in [1.54, 1.807) is 43.7 Å². The van der Waals surface area contributed by atoms with Crippen LogP contribution in [0.5, 0.6) is 28.7 Å². The number of carbonyl (C=O) groups excluding carboxylic acids is 1. The Hall–Kier alpha value is -4.07. The molecule has 3 heterocycles. The SMILES string of the molecule is CCOC(=O)C1=C(C)N=c2s/c(=C\c3cc(Br)c(OCc4ccc5c(c4)OCO5)c(Br)c3)c(=O)n2[C@H]1c1ccc(OC(C)C)c(OC)c1. The van der Waals surface area contributed by atoms with Crippen LogP contribution < -0.4 is 38.6 Å². The Labute approximate surface area is 297 Å². The molecule has 0 aliphatic carbocycles. The zero-order valence-electron chi connectivity index (χ0n) is 26.8. The van der Waals surface area contributed by atoms with E-state index in [1.807, 2.05) is 50.2 Å². The van der Waals surface area contributed by atoms with Gasteiger partial charge in [0.25, 0.3) is 5.56 Å². The summed E-state index contributed by atoms with van der Waals surface area (Å²) in [4.78, 5) is 32.6. The van der Waals surface area contributed by atoms with Crippen LogP contribution in [0.25, 0.3) is 6.08 Å². The monoisotopic (exact) mass is 798 g/mol. The standard InChI is InChI=1S/C35H32Br2N2O8S/c1-6-43-34(41)30-19(4)38-35-39(31(30)22-8-10-26(47-18(2)3)27(15-22)42-5)33(40)29(48-35)14-21-11-23(36)32(24(37)12-21)44-16-20-7-9-25-28(13-20)46-17-45-25/h7-15,18,31H,6,16-17H2,1-5H3/b29-14-/t31-/m0/s1. The van der Waals surface area contributed by atoms with Crippen LogP contribution in [0.15, 0.2) is 78.5 Å². The third-order valence-electron chi connectivity index (χ3n) is 7.52. The molecule has 1 aromatic heterocycles. The molecule has 0 saturated carbocycles. The molecule has 0 saturated heterocycles. The first-order chi connectivity index (χ1) is 23.1. The summed E-state index contributed by atoms with van der Waals surface area (Å²) in [7, 11) is 1.55. The minimum atomic E-state index is -0.796. The fourth-order valence-electron chi connectivity index (χ4n) is 5.45. The molecule has 3 aromatic carbocycles. The van der Waals surface area contributed by atoms with E-state index in [0.29, 0.717) is 64.9 Å². The predicted molar refractivity (Wildman–Crippen MR) is 188 cm³/mol. The number of carbonyl (C=O) groups is 1. The van der Waals surface area contributed by atoms with Gasteiger partial charge >= 0.3 is 5.97 Å². The van der Waals surface area contributed by atoms with Crippen molar-refractivity contribution in [3.05, 3.63) is 105 Å². The number of nitrogens with zero attached hydrogens (tertiary/aromatic N) is 2. The maximum Gasteiger partial charge on any atom is 0.338 e. The molecule has 48 heavy (non-hydrogen) atoms. The lowest BCUT2D eigenvalue weighted by molar-refractivity contribution is -0.139. The minimum absolute atomic E-state index is 0.0737. The highest BCUT2D eigenvalue weighted by Gasteiger charge is 2.34. The summed E-state index contributed by atoms with van der Waals surface area (Å²) >= 11 is 8.51. The molecular weight excluding hydrogens is 768 g/mol. The first kappa shape index (κ1) is 33.8. The molecule has 13 heteroatoms. The molecule has 0 bridgehead atoms. The molecule has 2 aliphatic heterocycles. The Kier molecular flexibility index (Phi) is 10.00. The van der Waals surface area contributed by atoms with Gasteiger partial charge in [0, 0.05) is 0 Å². The van der Waals surface area contributed by atoms with Gasteiger partial charge in [-0.05, 0) is 119 Å². The lowest BCUT2D eigenvalue weighted by Crippen LogP contribution is -2.40. The number of thiazole rings is 1. The van der Waals surface area contributed by atoms with Crippen LogP contribution in [0.4, 0.5) is 0 Å². The smallest absolute Gasteiger partial charge is 0.338 e. The number of fused-ring (bicyclic) bond motifs is 2. The van der Waals surface area contributed by atoms with E-state index in [2.05, 4.69) is 36.9 Å². The third-order valence-corrected chi connectivity index (χ3v) is 9.68. The molecule has 6 rings (SSSR count). The predicted octanol–water partition coefficient (Wildman–Crippen LogP) is 6.43. The highest BCUT2D eigenvalue weighted by molar-refractivity contribution is 9.11. The number of hydrogen-bond donors (Lipinski definition) is 0. The van der Waals surface area contributed by atoms with Crippen LogP contribution >= 0.6 is 43.2 Å². The van der Waals surface area contributed by atoms with Crippen molar-refractivity contribution >= 4 is 55.2 Å².